The Bertz CT molecular complexity index is 281. The normalized spacial score (nSPS) is 20.1. The first-order valence-corrected chi connectivity index (χ1v) is 8.27. The molecule has 1 rings (SSSR count). The van der Waals surface area contributed by atoms with Crippen LogP contribution >= 0.6 is 0 Å². The molecule has 0 saturated heterocycles. The van der Waals surface area contributed by atoms with Gasteiger partial charge in [0.25, 0.3) is 0 Å². The monoisotopic (exact) mass is 247 g/mol. The predicted molar refractivity (Wildman–Crippen MR) is 68.4 cm³/mol. The third-order valence-corrected chi connectivity index (χ3v) is 5.35. The fourth-order valence-corrected chi connectivity index (χ4v) is 4.70. The first kappa shape index (κ1) is 14.0. The van der Waals surface area contributed by atoms with Crippen LogP contribution in [0.25, 0.3) is 0 Å². The van der Waals surface area contributed by atoms with E-state index >= 15 is 0 Å². The summed E-state index contributed by atoms with van der Waals surface area (Å²) in [5.74, 6) is 1.16. The van der Waals surface area contributed by atoms with Gasteiger partial charge in [0.15, 0.2) is 9.84 Å². The number of nitrogens with one attached hydrogen (secondary N) is 1. The Morgan fingerprint density at radius 1 is 1.31 bits per heavy atom. The SMILES string of the molecule is CCCC(CS(=O)(=O)CC1CCCC1)NC. The standard InChI is InChI=1S/C12H25NO2S/c1-3-6-12(13-2)10-16(14,15)9-11-7-4-5-8-11/h11-13H,3-10H2,1-2H3. The Morgan fingerprint density at radius 3 is 2.44 bits per heavy atom. The van der Waals surface area contributed by atoms with Crippen molar-refractivity contribution < 1.29 is 8.42 Å². The van der Waals surface area contributed by atoms with Gasteiger partial charge in [-0.25, -0.2) is 8.42 Å². The summed E-state index contributed by atoms with van der Waals surface area (Å²) in [7, 11) is -1.01. The zero-order valence-corrected chi connectivity index (χ0v) is 11.4. The van der Waals surface area contributed by atoms with E-state index in [1.54, 1.807) is 0 Å². The molecule has 0 aliphatic heterocycles. The maximum Gasteiger partial charge on any atom is 0.152 e. The molecule has 3 nitrogen and oxygen atoms in total. The Kier molecular flexibility index (Phi) is 5.76. The molecule has 1 atom stereocenters. The molecule has 0 aromatic carbocycles. The van der Waals surface area contributed by atoms with Crippen LogP contribution in [0.3, 0.4) is 0 Å². The van der Waals surface area contributed by atoms with Crippen molar-refractivity contribution in [2.24, 2.45) is 5.92 Å². The van der Waals surface area contributed by atoms with E-state index in [1.807, 2.05) is 7.05 Å². The van der Waals surface area contributed by atoms with Crippen LogP contribution in [0.5, 0.6) is 0 Å². The minimum absolute atomic E-state index is 0.136. The van der Waals surface area contributed by atoms with Crippen LogP contribution in [0.1, 0.15) is 45.4 Å². The van der Waals surface area contributed by atoms with Gasteiger partial charge in [-0.15, -0.1) is 0 Å². The van der Waals surface area contributed by atoms with E-state index in [1.165, 1.54) is 12.8 Å². The van der Waals surface area contributed by atoms with E-state index in [4.69, 9.17) is 0 Å². The molecule has 0 amide bonds. The molecule has 1 N–H and O–H groups in total. The van der Waals surface area contributed by atoms with E-state index in [-0.39, 0.29) is 6.04 Å². The van der Waals surface area contributed by atoms with Crippen molar-refractivity contribution >= 4 is 9.84 Å². The highest BCUT2D eigenvalue weighted by molar-refractivity contribution is 7.91. The molecule has 0 aromatic rings. The summed E-state index contributed by atoms with van der Waals surface area (Å²) in [6, 6.07) is 0.136. The average molecular weight is 247 g/mol. The molecule has 0 spiro atoms. The van der Waals surface area contributed by atoms with Crippen LogP contribution in [0.15, 0.2) is 0 Å². The highest BCUT2D eigenvalue weighted by atomic mass is 32.2. The molecule has 1 unspecified atom stereocenters. The second kappa shape index (κ2) is 6.60. The lowest BCUT2D eigenvalue weighted by Gasteiger charge is -2.17. The van der Waals surface area contributed by atoms with Crippen LogP contribution in [0, 0.1) is 5.92 Å². The van der Waals surface area contributed by atoms with Crippen LogP contribution < -0.4 is 5.32 Å². The van der Waals surface area contributed by atoms with Gasteiger partial charge in [-0.1, -0.05) is 26.2 Å². The van der Waals surface area contributed by atoms with E-state index in [9.17, 15) is 8.42 Å². The Balaban J connectivity index is 2.42. The molecule has 4 heteroatoms. The summed E-state index contributed by atoms with van der Waals surface area (Å²) in [6.45, 7) is 2.09. The highest BCUT2D eigenvalue weighted by Crippen LogP contribution is 2.26. The van der Waals surface area contributed by atoms with Gasteiger partial charge in [-0.2, -0.15) is 0 Å². The van der Waals surface area contributed by atoms with Crippen LogP contribution in [0.2, 0.25) is 0 Å². The Labute approximate surface area is 99.9 Å². The van der Waals surface area contributed by atoms with Gasteiger partial charge in [0, 0.05) is 6.04 Å². The molecule has 0 aromatic heterocycles. The van der Waals surface area contributed by atoms with Gasteiger partial charge in [0.05, 0.1) is 11.5 Å². The number of hydrogen-bond acceptors (Lipinski definition) is 3. The van der Waals surface area contributed by atoms with Crippen molar-refractivity contribution in [3.05, 3.63) is 0 Å². The Hall–Kier alpha value is -0.0900. The summed E-state index contributed by atoms with van der Waals surface area (Å²) in [4.78, 5) is 0. The zero-order valence-electron chi connectivity index (χ0n) is 10.5. The molecule has 0 heterocycles. The lowest BCUT2D eigenvalue weighted by molar-refractivity contribution is 0.523. The van der Waals surface area contributed by atoms with Gasteiger partial charge in [-0.3, -0.25) is 0 Å². The summed E-state index contributed by atoms with van der Waals surface area (Å²) >= 11 is 0. The topological polar surface area (TPSA) is 46.2 Å². The van der Waals surface area contributed by atoms with Crippen molar-refractivity contribution in [2.45, 2.75) is 51.5 Å². The average Bonchev–Trinajstić information content (AvgIpc) is 2.68. The van der Waals surface area contributed by atoms with Crippen LogP contribution in [0.4, 0.5) is 0 Å². The van der Waals surface area contributed by atoms with E-state index in [0.29, 0.717) is 17.4 Å². The van der Waals surface area contributed by atoms with Crippen molar-refractivity contribution in [3.8, 4) is 0 Å². The molecule has 96 valence electrons. The summed E-state index contributed by atoms with van der Waals surface area (Å²) in [5.41, 5.74) is 0. The molecular weight excluding hydrogens is 222 g/mol. The molecule has 16 heavy (non-hydrogen) atoms. The maximum absolute atomic E-state index is 12.0. The summed E-state index contributed by atoms with van der Waals surface area (Å²) in [5, 5.41) is 3.10. The Morgan fingerprint density at radius 2 is 1.94 bits per heavy atom. The first-order valence-electron chi connectivity index (χ1n) is 6.45. The van der Waals surface area contributed by atoms with Gasteiger partial charge >= 0.3 is 0 Å². The smallest absolute Gasteiger partial charge is 0.152 e. The van der Waals surface area contributed by atoms with Crippen LogP contribution in [-0.4, -0.2) is 33.0 Å². The third-order valence-electron chi connectivity index (χ3n) is 3.46. The molecule has 0 bridgehead atoms. The van der Waals surface area contributed by atoms with Crippen LogP contribution in [-0.2, 0) is 9.84 Å². The third kappa shape index (κ3) is 4.83. The van der Waals surface area contributed by atoms with Gasteiger partial charge in [0.1, 0.15) is 0 Å². The second-order valence-corrected chi connectivity index (χ2v) is 7.16. The second-order valence-electron chi connectivity index (χ2n) is 5.00. The maximum atomic E-state index is 12.0. The fraction of sp³-hybridized carbons (Fsp3) is 1.00. The number of sulfone groups is 1. The van der Waals surface area contributed by atoms with Gasteiger partial charge in [-0.05, 0) is 32.2 Å². The van der Waals surface area contributed by atoms with Gasteiger partial charge in [0.2, 0.25) is 0 Å². The fourth-order valence-electron chi connectivity index (χ4n) is 2.57. The number of hydrogen-bond donors (Lipinski definition) is 1. The first-order chi connectivity index (χ1) is 7.57. The quantitative estimate of drug-likeness (QED) is 0.748. The van der Waals surface area contributed by atoms with E-state index < -0.39 is 9.84 Å². The number of rotatable bonds is 7. The largest absolute Gasteiger partial charge is 0.316 e. The van der Waals surface area contributed by atoms with Gasteiger partial charge < -0.3 is 5.32 Å². The van der Waals surface area contributed by atoms with Crippen molar-refractivity contribution in [1.82, 2.24) is 5.32 Å². The molecule has 1 saturated carbocycles. The molecule has 1 fully saturated rings. The minimum atomic E-state index is -2.86. The zero-order chi connectivity index (χ0) is 12.0. The van der Waals surface area contributed by atoms with E-state index in [0.717, 1.165) is 25.7 Å². The van der Waals surface area contributed by atoms with E-state index in [2.05, 4.69) is 12.2 Å². The molecule has 1 aliphatic rings. The summed E-state index contributed by atoms with van der Waals surface area (Å²) < 4.78 is 24.0. The predicted octanol–water partition coefficient (Wildman–Crippen LogP) is 1.98. The van der Waals surface area contributed by atoms with Crippen molar-refractivity contribution in [3.63, 3.8) is 0 Å². The highest BCUT2D eigenvalue weighted by Gasteiger charge is 2.24. The minimum Gasteiger partial charge on any atom is -0.316 e. The molecular formula is C12H25NO2S. The molecule has 0 radical (unpaired) electrons. The van der Waals surface area contributed by atoms with Crippen molar-refractivity contribution in [1.29, 1.82) is 0 Å². The summed E-state index contributed by atoms with van der Waals surface area (Å²) in [6.07, 6.45) is 6.62. The van der Waals surface area contributed by atoms with Crippen molar-refractivity contribution in [2.75, 3.05) is 18.6 Å². The lowest BCUT2D eigenvalue weighted by atomic mass is 10.1. The lowest BCUT2D eigenvalue weighted by Crippen LogP contribution is -2.34. The molecule has 1 aliphatic carbocycles.